The Balaban J connectivity index is 1.38. The standard InChI is InChI=1S/C14H14N4O2S2/c1-3-10(19-5-1)12-17-18-14(20-12)15-7-9-8-22-13(16-9)11-4-2-6-21-11/h2,4,6,8,10H,1,3,5,7H2,(H,15,18). The molecule has 1 fully saturated rings. The first-order chi connectivity index (χ1) is 10.9. The maximum atomic E-state index is 5.59. The molecular weight excluding hydrogens is 320 g/mol. The quantitative estimate of drug-likeness (QED) is 0.766. The van der Waals surface area contributed by atoms with Crippen LogP contribution in [-0.4, -0.2) is 21.8 Å². The predicted octanol–water partition coefficient (Wildman–Crippen LogP) is 3.72. The maximum Gasteiger partial charge on any atom is 0.315 e. The van der Waals surface area contributed by atoms with Gasteiger partial charge in [-0.3, -0.25) is 0 Å². The lowest BCUT2D eigenvalue weighted by Crippen LogP contribution is -1.99. The Morgan fingerprint density at radius 1 is 1.32 bits per heavy atom. The van der Waals surface area contributed by atoms with Crippen LogP contribution in [0.25, 0.3) is 9.88 Å². The molecule has 114 valence electrons. The van der Waals surface area contributed by atoms with E-state index in [1.165, 1.54) is 4.88 Å². The number of hydrogen-bond donors (Lipinski definition) is 1. The zero-order valence-electron chi connectivity index (χ0n) is 11.7. The van der Waals surface area contributed by atoms with Crippen LogP contribution in [0.5, 0.6) is 0 Å². The molecule has 0 aliphatic carbocycles. The summed E-state index contributed by atoms with van der Waals surface area (Å²) in [7, 11) is 0. The molecule has 6 nitrogen and oxygen atoms in total. The molecule has 1 aliphatic rings. The Morgan fingerprint density at radius 3 is 3.14 bits per heavy atom. The minimum atomic E-state index is -0.0484. The molecule has 0 saturated carbocycles. The number of thiazole rings is 1. The monoisotopic (exact) mass is 334 g/mol. The van der Waals surface area contributed by atoms with Gasteiger partial charge in [0.05, 0.1) is 17.1 Å². The zero-order valence-corrected chi connectivity index (χ0v) is 13.3. The molecule has 3 aromatic heterocycles. The number of anilines is 1. The Labute approximate surface area is 135 Å². The summed E-state index contributed by atoms with van der Waals surface area (Å²) in [6.45, 7) is 1.33. The highest BCUT2D eigenvalue weighted by atomic mass is 32.1. The van der Waals surface area contributed by atoms with Crippen LogP contribution >= 0.6 is 22.7 Å². The van der Waals surface area contributed by atoms with Crippen LogP contribution in [0.2, 0.25) is 0 Å². The van der Waals surface area contributed by atoms with E-state index in [2.05, 4.69) is 31.9 Å². The van der Waals surface area contributed by atoms with E-state index < -0.39 is 0 Å². The minimum absolute atomic E-state index is 0.0484. The Hall–Kier alpha value is -1.77. The molecule has 1 unspecified atom stereocenters. The third-order valence-electron chi connectivity index (χ3n) is 3.35. The van der Waals surface area contributed by atoms with Crippen molar-refractivity contribution >= 4 is 28.7 Å². The molecular formula is C14H14N4O2S2. The summed E-state index contributed by atoms with van der Waals surface area (Å²) in [5.41, 5.74) is 0.963. The van der Waals surface area contributed by atoms with E-state index in [1.54, 1.807) is 22.7 Å². The number of nitrogens with one attached hydrogen (secondary N) is 1. The summed E-state index contributed by atoms with van der Waals surface area (Å²) in [5.74, 6) is 0.553. The van der Waals surface area contributed by atoms with Crippen LogP contribution in [0.4, 0.5) is 6.01 Å². The van der Waals surface area contributed by atoms with E-state index in [1.807, 2.05) is 11.4 Å². The SMILES string of the molecule is c1csc(-c2nc(CNc3nnc(C4CCCO4)o3)cs2)c1. The lowest BCUT2D eigenvalue weighted by atomic mass is 10.2. The minimum Gasteiger partial charge on any atom is -0.405 e. The van der Waals surface area contributed by atoms with Crippen molar-refractivity contribution in [1.82, 2.24) is 15.2 Å². The topological polar surface area (TPSA) is 73.1 Å². The van der Waals surface area contributed by atoms with Gasteiger partial charge in [0.15, 0.2) is 0 Å². The van der Waals surface area contributed by atoms with Crippen molar-refractivity contribution < 1.29 is 9.15 Å². The lowest BCUT2D eigenvalue weighted by molar-refractivity contribution is 0.0897. The molecule has 0 radical (unpaired) electrons. The zero-order chi connectivity index (χ0) is 14.8. The van der Waals surface area contributed by atoms with E-state index in [9.17, 15) is 0 Å². The Bertz CT molecular complexity index is 732. The summed E-state index contributed by atoms with van der Waals surface area (Å²) >= 11 is 3.33. The largest absolute Gasteiger partial charge is 0.405 e. The van der Waals surface area contributed by atoms with Crippen LogP contribution < -0.4 is 5.32 Å². The van der Waals surface area contributed by atoms with E-state index in [0.29, 0.717) is 18.5 Å². The smallest absolute Gasteiger partial charge is 0.315 e. The molecule has 0 aromatic carbocycles. The van der Waals surface area contributed by atoms with Gasteiger partial charge in [-0.25, -0.2) is 4.98 Å². The molecule has 1 aliphatic heterocycles. The van der Waals surface area contributed by atoms with E-state index in [4.69, 9.17) is 9.15 Å². The number of ether oxygens (including phenoxy) is 1. The van der Waals surface area contributed by atoms with Gasteiger partial charge in [0, 0.05) is 12.0 Å². The van der Waals surface area contributed by atoms with Crippen molar-refractivity contribution in [1.29, 1.82) is 0 Å². The second-order valence-electron chi connectivity index (χ2n) is 4.92. The number of aromatic nitrogens is 3. The van der Waals surface area contributed by atoms with E-state index >= 15 is 0 Å². The second-order valence-corrected chi connectivity index (χ2v) is 6.73. The van der Waals surface area contributed by atoms with Gasteiger partial charge in [0.25, 0.3) is 0 Å². The fourth-order valence-corrected chi connectivity index (χ4v) is 3.91. The fourth-order valence-electron chi connectivity index (χ4n) is 2.28. The van der Waals surface area contributed by atoms with Crippen molar-refractivity contribution in [2.75, 3.05) is 11.9 Å². The van der Waals surface area contributed by atoms with Crippen LogP contribution in [0, 0.1) is 0 Å². The van der Waals surface area contributed by atoms with Gasteiger partial charge in [-0.05, 0) is 24.3 Å². The Kier molecular flexibility index (Phi) is 3.88. The Morgan fingerprint density at radius 2 is 2.32 bits per heavy atom. The summed E-state index contributed by atoms with van der Waals surface area (Å²) in [6.07, 6.45) is 1.94. The maximum absolute atomic E-state index is 5.59. The molecule has 1 N–H and O–H groups in total. The van der Waals surface area contributed by atoms with E-state index in [-0.39, 0.29) is 6.10 Å². The molecule has 0 amide bonds. The van der Waals surface area contributed by atoms with Crippen molar-refractivity contribution in [2.45, 2.75) is 25.5 Å². The van der Waals surface area contributed by atoms with Gasteiger partial charge < -0.3 is 14.5 Å². The molecule has 1 saturated heterocycles. The third kappa shape index (κ3) is 2.90. The van der Waals surface area contributed by atoms with Crippen molar-refractivity contribution in [3.05, 3.63) is 34.5 Å². The number of thiophene rings is 1. The summed E-state index contributed by atoms with van der Waals surface area (Å²) in [5, 5.41) is 16.3. The fraction of sp³-hybridized carbons (Fsp3) is 0.357. The average Bonchev–Trinajstić information content (AvgIpc) is 3.33. The first kappa shape index (κ1) is 13.9. The first-order valence-corrected chi connectivity index (χ1v) is 8.81. The third-order valence-corrected chi connectivity index (χ3v) is 5.28. The van der Waals surface area contributed by atoms with Crippen LogP contribution in [0.1, 0.15) is 30.5 Å². The van der Waals surface area contributed by atoms with Crippen molar-refractivity contribution in [3.63, 3.8) is 0 Å². The van der Waals surface area contributed by atoms with Crippen LogP contribution in [0.15, 0.2) is 27.3 Å². The van der Waals surface area contributed by atoms with Crippen molar-refractivity contribution in [3.8, 4) is 9.88 Å². The normalized spacial score (nSPS) is 17.9. The van der Waals surface area contributed by atoms with Gasteiger partial charge >= 0.3 is 6.01 Å². The lowest BCUT2D eigenvalue weighted by Gasteiger charge is -2.01. The molecule has 3 aromatic rings. The average molecular weight is 334 g/mol. The highest BCUT2D eigenvalue weighted by Crippen LogP contribution is 2.29. The molecule has 22 heavy (non-hydrogen) atoms. The van der Waals surface area contributed by atoms with Gasteiger partial charge in [0.2, 0.25) is 5.89 Å². The molecule has 0 bridgehead atoms. The highest BCUT2D eigenvalue weighted by molar-refractivity contribution is 7.20. The van der Waals surface area contributed by atoms with Gasteiger partial charge in [-0.15, -0.1) is 27.8 Å². The van der Waals surface area contributed by atoms with Crippen LogP contribution in [0.3, 0.4) is 0 Å². The predicted molar refractivity (Wildman–Crippen MR) is 85.0 cm³/mol. The molecule has 4 rings (SSSR count). The first-order valence-electron chi connectivity index (χ1n) is 7.05. The van der Waals surface area contributed by atoms with Gasteiger partial charge in [-0.1, -0.05) is 11.2 Å². The van der Waals surface area contributed by atoms with Crippen LogP contribution in [-0.2, 0) is 11.3 Å². The molecule has 0 spiro atoms. The molecule has 4 heterocycles. The van der Waals surface area contributed by atoms with Gasteiger partial charge in [-0.2, -0.15) is 0 Å². The van der Waals surface area contributed by atoms with Crippen molar-refractivity contribution in [2.24, 2.45) is 0 Å². The number of hydrogen-bond acceptors (Lipinski definition) is 8. The number of rotatable bonds is 5. The van der Waals surface area contributed by atoms with E-state index in [0.717, 1.165) is 30.2 Å². The summed E-state index contributed by atoms with van der Waals surface area (Å²) in [4.78, 5) is 5.79. The molecule has 1 atom stereocenters. The van der Waals surface area contributed by atoms with Gasteiger partial charge in [0.1, 0.15) is 11.1 Å². The molecule has 8 heteroatoms. The highest BCUT2D eigenvalue weighted by Gasteiger charge is 2.23. The summed E-state index contributed by atoms with van der Waals surface area (Å²) in [6, 6.07) is 4.52. The number of nitrogens with zero attached hydrogens (tertiary/aromatic N) is 3. The summed E-state index contributed by atoms with van der Waals surface area (Å²) < 4.78 is 11.1. The second kappa shape index (κ2) is 6.15.